The van der Waals surface area contributed by atoms with Gasteiger partial charge in [0, 0.05) is 24.2 Å². The second-order valence-electron chi connectivity index (χ2n) is 8.71. The van der Waals surface area contributed by atoms with Gasteiger partial charge in [0.05, 0.1) is 17.0 Å². The van der Waals surface area contributed by atoms with Gasteiger partial charge in [0.2, 0.25) is 0 Å². The van der Waals surface area contributed by atoms with Gasteiger partial charge in [-0.05, 0) is 43.1 Å². The van der Waals surface area contributed by atoms with Crippen LogP contribution in [0.3, 0.4) is 0 Å². The van der Waals surface area contributed by atoms with Crippen LogP contribution < -0.4 is 16.4 Å². The molecule has 4 aromatic rings. The first kappa shape index (κ1) is 23.7. The summed E-state index contributed by atoms with van der Waals surface area (Å²) in [4.78, 5) is 21.0. The Balaban J connectivity index is 1.35. The molecule has 0 bridgehead atoms. The van der Waals surface area contributed by atoms with Crippen molar-refractivity contribution in [3.8, 4) is 11.3 Å². The molecule has 4 N–H and O–H groups in total. The van der Waals surface area contributed by atoms with E-state index in [4.69, 9.17) is 10.8 Å². The highest BCUT2D eigenvalue weighted by Crippen LogP contribution is 2.33. The Morgan fingerprint density at radius 3 is 2.69 bits per heavy atom. The van der Waals surface area contributed by atoms with E-state index in [-0.39, 0.29) is 18.2 Å². The van der Waals surface area contributed by atoms with E-state index in [1.165, 1.54) is 18.5 Å². The molecule has 0 aliphatic carbocycles. The molecule has 1 aliphatic rings. The number of fused-ring (bicyclic) bond motifs is 1. The SMILES string of the molecule is Nc1ncnc2c1c(-c1ccc(CNC(=O)c3cccc(C(F)(F)F)c3)cc1)nn2[C@@H]1CCCNC1. The molecule has 2 aromatic carbocycles. The third-order valence-electron chi connectivity index (χ3n) is 6.27. The number of aromatic nitrogens is 4. The first-order valence-electron chi connectivity index (χ1n) is 11.6. The quantitative estimate of drug-likeness (QED) is 0.387. The van der Waals surface area contributed by atoms with Crippen molar-refractivity contribution in [2.75, 3.05) is 18.8 Å². The molecular formula is C25H24F3N7O. The van der Waals surface area contributed by atoms with E-state index < -0.39 is 17.6 Å². The van der Waals surface area contributed by atoms with Crippen LogP contribution in [0.15, 0.2) is 54.9 Å². The van der Waals surface area contributed by atoms with Gasteiger partial charge < -0.3 is 16.4 Å². The lowest BCUT2D eigenvalue weighted by Crippen LogP contribution is -2.32. The number of piperidine rings is 1. The average molecular weight is 496 g/mol. The summed E-state index contributed by atoms with van der Waals surface area (Å²) in [7, 11) is 0. The summed E-state index contributed by atoms with van der Waals surface area (Å²) in [5.74, 6) is -0.233. The maximum Gasteiger partial charge on any atom is 0.416 e. The van der Waals surface area contributed by atoms with Gasteiger partial charge >= 0.3 is 6.18 Å². The summed E-state index contributed by atoms with van der Waals surface area (Å²) >= 11 is 0. The van der Waals surface area contributed by atoms with Crippen molar-refractivity contribution in [3.63, 3.8) is 0 Å². The van der Waals surface area contributed by atoms with Gasteiger partial charge in [-0.25, -0.2) is 14.6 Å². The number of nitrogens with one attached hydrogen (secondary N) is 2. The third-order valence-corrected chi connectivity index (χ3v) is 6.27. The molecule has 1 fully saturated rings. The van der Waals surface area contributed by atoms with Crippen LogP contribution in [0.1, 0.15) is 40.4 Å². The standard InChI is InChI=1S/C25H24F3N7O/c26-25(27,28)18-4-1-3-17(11-18)24(36)31-12-15-6-8-16(9-7-15)21-20-22(29)32-14-33-23(20)35(34-21)19-5-2-10-30-13-19/h1,3-4,6-9,11,14,19,30H,2,5,10,12-13H2,(H,31,36)(H2,29,32,33)/t19-/m1/s1. The van der Waals surface area contributed by atoms with E-state index in [9.17, 15) is 18.0 Å². The highest BCUT2D eigenvalue weighted by Gasteiger charge is 2.31. The van der Waals surface area contributed by atoms with Crippen LogP contribution in [0.25, 0.3) is 22.3 Å². The van der Waals surface area contributed by atoms with Crippen molar-refractivity contribution < 1.29 is 18.0 Å². The van der Waals surface area contributed by atoms with Gasteiger partial charge in [0.15, 0.2) is 5.65 Å². The number of benzene rings is 2. The molecule has 1 amide bonds. The molecule has 1 aliphatic heterocycles. The van der Waals surface area contributed by atoms with Crippen molar-refractivity contribution >= 4 is 22.8 Å². The molecule has 1 atom stereocenters. The minimum Gasteiger partial charge on any atom is -0.383 e. The van der Waals surface area contributed by atoms with Crippen LogP contribution in [0.2, 0.25) is 0 Å². The first-order chi connectivity index (χ1) is 17.3. The number of hydrogen-bond acceptors (Lipinski definition) is 6. The van der Waals surface area contributed by atoms with Gasteiger partial charge in [0.25, 0.3) is 5.91 Å². The Bertz CT molecular complexity index is 1390. The second kappa shape index (κ2) is 9.57. The molecular weight excluding hydrogens is 471 g/mol. The number of nitrogens with two attached hydrogens (primary N) is 1. The average Bonchev–Trinajstić information content (AvgIpc) is 3.29. The Hall–Kier alpha value is -3.99. The predicted molar refractivity (Wildman–Crippen MR) is 129 cm³/mol. The molecule has 2 aromatic heterocycles. The molecule has 0 unspecified atom stereocenters. The Morgan fingerprint density at radius 1 is 1.17 bits per heavy atom. The summed E-state index contributed by atoms with van der Waals surface area (Å²) in [5.41, 5.74) is 8.25. The number of anilines is 1. The van der Waals surface area contributed by atoms with Crippen LogP contribution >= 0.6 is 0 Å². The Kier molecular flexibility index (Phi) is 6.31. The lowest BCUT2D eigenvalue weighted by molar-refractivity contribution is -0.137. The zero-order chi connectivity index (χ0) is 25.3. The maximum absolute atomic E-state index is 12.9. The van der Waals surface area contributed by atoms with Gasteiger partial charge in [-0.1, -0.05) is 30.3 Å². The summed E-state index contributed by atoms with van der Waals surface area (Å²) in [5, 5.41) is 11.6. The molecule has 36 heavy (non-hydrogen) atoms. The van der Waals surface area contributed by atoms with Crippen molar-refractivity contribution in [1.29, 1.82) is 0 Å². The van der Waals surface area contributed by atoms with Crippen molar-refractivity contribution in [1.82, 2.24) is 30.4 Å². The number of alkyl halides is 3. The van der Waals surface area contributed by atoms with Crippen molar-refractivity contribution in [2.24, 2.45) is 0 Å². The predicted octanol–water partition coefficient (Wildman–Crippen LogP) is 3.95. The fourth-order valence-corrected chi connectivity index (χ4v) is 4.40. The molecule has 0 saturated carbocycles. The third kappa shape index (κ3) is 4.74. The highest BCUT2D eigenvalue weighted by molar-refractivity contribution is 5.98. The van der Waals surface area contributed by atoms with E-state index in [0.29, 0.717) is 22.5 Å². The van der Waals surface area contributed by atoms with Gasteiger partial charge in [-0.3, -0.25) is 4.79 Å². The van der Waals surface area contributed by atoms with E-state index >= 15 is 0 Å². The lowest BCUT2D eigenvalue weighted by atomic mass is 10.1. The number of hydrogen-bond donors (Lipinski definition) is 3. The number of carbonyl (C=O) groups is 1. The second-order valence-corrected chi connectivity index (χ2v) is 8.71. The highest BCUT2D eigenvalue weighted by atomic mass is 19.4. The topological polar surface area (TPSA) is 111 Å². The first-order valence-corrected chi connectivity index (χ1v) is 11.6. The maximum atomic E-state index is 12.9. The Labute approximate surface area is 204 Å². The van der Waals surface area contributed by atoms with E-state index in [2.05, 4.69) is 20.6 Å². The monoisotopic (exact) mass is 495 g/mol. The van der Waals surface area contributed by atoms with E-state index in [1.54, 1.807) is 0 Å². The van der Waals surface area contributed by atoms with Gasteiger partial charge in [0.1, 0.15) is 17.8 Å². The largest absolute Gasteiger partial charge is 0.416 e. The minimum atomic E-state index is -4.51. The molecule has 11 heteroatoms. The number of nitrogen functional groups attached to an aromatic ring is 1. The molecule has 5 rings (SSSR count). The molecule has 8 nitrogen and oxygen atoms in total. The molecule has 0 radical (unpaired) electrons. The van der Waals surface area contributed by atoms with Crippen LogP contribution in [0.4, 0.5) is 19.0 Å². The van der Waals surface area contributed by atoms with Crippen LogP contribution in [0, 0.1) is 0 Å². The summed E-state index contributed by atoms with van der Waals surface area (Å²) in [6, 6.07) is 11.9. The fraction of sp³-hybridized carbons (Fsp3) is 0.280. The number of carbonyl (C=O) groups excluding carboxylic acids is 1. The zero-order valence-electron chi connectivity index (χ0n) is 19.2. The van der Waals surface area contributed by atoms with Crippen LogP contribution in [0.5, 0.6) is 0 Å². The normalized spacial score (nSPS) is 16.2. The molecule has 186 valence electrons. The molecule has 1 saturated heterocycles. The summed E-state index contributed by atoms with van der Waals surface area (Å²) in [6.45, 7) is 1.93. The molecule has 0 spiro atoms. The zero-order valence-corrected chi connectivity index (χ0v) is 19.2. The van der Waals surface area contributed by atoms with Gasteiger partial charge in [-0.15, -0.1) is 0 Å². The fourth-order valence-electron chi connectivity index (χ4n) is 4.40. The Morgan fingerprint density at radius 2 is 1.97 bits per heavy atom. The van der Waals surface area contributed by atoms with Crippen molar-refractivity contribution in [2.45, 2.75) is 31.6 Å². The van der Waals surface area contributed by atoms with Crippen molar-refractivity contribution in [3.05, 3.63) is 71.5 Å². The van der Waals surface area contributed by atoms with E-state index in [0.717, 1.165) is 49.2 Å². The number of nitrogens with zero attached hydrogens (tertiary/aromatic N) is 4. The smallest absolute Gasteiger partial charge is 0.383 e. The number of rotatable bonds is 5. The van der Waals surface area contributed by atoms with Crippen LogP contribution in [-0.4, -0.2) is 38.7 Å². The van der Waals surface area contributed by atoms with Crippen LogP contribution in [-0.2, 0) is 12.7 Å². The van der Waals surface area contributed by atoms with Gasteiger partial charge in [-0.2, -0.15) is 18.3 Å². The lowest BCUT2D eigenvalue weighted by Gasteiger charge is -2.23. The minimum absolute atomic E-state index is 0.0499. The van der Waals surface area contributed by atoms with E-state index in [1.807, 2.05) is 28.9 Å². The number of amides is 1. The summed E-state index contributed by atoms with van der Waals surface area (Å²) < 4.78 is 40.7. The number of halogens is 3. The molecule has 3 heterocycles. The summed E-state index contributed by atoms with van der Waals surface area (Å²) in [6.07, 6.45) is -1.04.